The number of nitrogens with two attached hydrogens (primary N) is 1. The van der Waals surface area contributed by atoms with E-state index in [2.05, 4.69) is 10.6 Å². The largest absolute Gasteiger partial charge is 0.356 e. The minimum atomic E-state index is 0.0900. The third kappa shape index (κ3) is 13.6. The third-order valence-electron chi connectivity index (χ3n) is 3.16. The molecule has 0 atom stereocenters. The second-order valence-corrected chi connectivity index (χ2v) is 5.46. The van der Waals surface area contributed by atoms with Gasteiger partial charge in [-0.3, -0.25) is 4.79 Å². The van der Waals surface area contributed by atoms with Crippen molar-refractivity contribution in [3.8, 4) is 0 Å². The lowest BCUT2D eigenvalue weighted by molar-refractivity contribution is -0.123. The minimum Gasteiger partial charge on any atom is -0.356 e. The van der Waals surface area contributed by atoms with Gasteiger partial charge in [0.1, 0.15) is 0 Å². The van der Waals surface area contributed by atoms with Crippen LogP contribution in [0.5, 0.6) is 0 Å². The van der Waals surface area contributed by atoms with Gasteiger partial charge in [-0.15, -0.1) is 0 Å². The SMILES string of the molecule is CC(C)C(=O)NCCCNCCCCCCCCN. The maximum absolute atomic E-state index is 11.3. The van der Waals surface area contributed by atoms with Crippen LogP contribution in [0.1, 0.15) is 58.8 Å². The molecule has 0 aliphatic rings. The van der Waals surface area contributed by atoms with Crippen LogP contribution in [0, 0.1) is 5.92 Å². The van der Waals surface area contributed by atoms with E-state index in [1.807, 2.05) is 13.8 Å². The molecule has 0 radical (unpaired) electrons. The highest BCUT2D eigenvalue weighted by atomic mass is 16.1. The van der Waals surface area contributed by atoms with E-state index in [4.69, 9.17) is 5.73 Å². The van der Waals surface area contributed by atoms with E-state index >= 15 is 0 Å². The molecule has 0 saturated carbocycles. The Balaban J connectivity index is 3.05. The highest BCUT2D eigenvalue weighted by Gasteiger charge is 2.04. The predicted octanol–water partition coefficient (Wildman–Crippen LogP) is 2.04. The lowest BCUT2D eigenvalue weighted by Crippen LogP contribution is -2.30. The van der Waals surface area contributed by atoms with Crippen molar-refractivity contribution >= 4 is 5.91 Å². The van der Waals surface area contributed by atoms with Crippen molar-refractivity contribution < 1.29 is 4.79 Å². The monoisotopic (exact) mass is 271 g/mol. The zero-order chi connectivity index (χ0) is 14.3. The van der Waals surface area contributed by atoms with Crippen LogP contribution in [-0.2, 0) is 4.79 Å². The first kappa shape index (κ1) is 18.4. The minimum absolute atomic E-state index is 0.0900. The van der Waals surface area contributed by atoms with Gasteiger partial charge in [0.25, 0.3) is 0 Å². The summed E-state index contributed by atoms with van der Waals surface area (Å²) in [5, 5.41) is 6.34. The van der Waals surface area contributed by atoms with E-state index in [1.165, 1.54) is 38.5 Å². The Morgan fingerprint density at radius 1 is 0.895 bits per heavy atom. The zero-order valence-corrected chi connectivity index (χ0v) is 12.8. The van der Waals surface area contributed by atoms with Crippen molar-refractivity contribution in [2.24, 2.45) is 11.7 Å². The number of hydrogen-bond donors (Lipinski definition) is 3. The number of nitrogens with one attached hydrogen (secondary N) is 2. The average Bonchev–Trinajstić information content (AvgIpc) is 2.39. The summed E-state index contributed by atoms with van der Waals surface area (Å²) >= 11 is 0. The molecule has 114 valence electrons. The summed E-state index contributed by atoms with van der Waals surface area (Å²) in [6, 6.07) is 0. The van der Waals surface area contributed by atoms with Gasteiger partial charge in [-0.1, -0.05) is 39.5 Å². The Labute approximate surface area is 118 Å². The maximum atomic E-state index is 11.3. The molecule has 0 aliphatic carbocycles. The molecule has 0 spiro atoms. The summed E-state index contributed by atoms with van der Waals surface area (Å²) in [7, 11) is 0. The van der Waals surface area contributed by atoms with E-state index in [0.29, 0.717) is 0 Å². The molecule has 4 nitrogen and oxygen atoms in total. The third-order valence-corrected chi connectivity index (χ3v) is 3.16. The molecular formula is C15H33N3O. The average molecular weight is 271 g/mol. The molecule has 0 rings (SSSR count). The van der Waals surface area contributed by atoms with E-state index in [-0.39, 0.29) is 11.8 Å². The van der Waals surface area contributed by atoms with Crippen LogP contribution >= 0.6 is 0 Å². The molecule has 0 aromatic heterocycles. The molecule has 19 heavy (non-hydrogen) atoms. The van der Waals surface area contributed by atoms with Crippen molar-refractivity contribution in [1.29, 1.82) is 0 Å². The van der Waals surface area contributed by atoms with Crippen LogP contribution in [0.3, 0.4) is 0 Å². The highest BCUT2D eigenvalue weighted by molar-refractivity contribution is 5.77. The van der Waals surface area contributed by atoms with E-state index in [0.717, 1.165) is 32.6 Å². The number of unbranched alkanes of at least 4 members (excludes halogenated alkanes) is 5. The fourth-order valence-electron chi connectivity index (χ4n) is 1.86. The smallest absolute Gasteiger partial charge is 0.222 e. The number of hydrogen-bond acceptors (Lipinski definition) is 3. The highest BCUT2D eigenvalue weighted by Crippen LogP contribution is 2.03. The van der Waals surface area contributed by atoms with Gasteiger partial charge < -0.3 is 16.4 Å². The van der Waals surface area contributed by atoms with Crippen molar-refractivity contribution in [1.82, 2.24) is 10.6 Å². The van der Waals surface area contributed by atoms with E-state index < -0.39 is 0 Å². The standard InChI is InChI=1S/C15H33N3O/c1-14(2)15(19)18-13-9-12-17-11-8-6-4-3-5-7-10-16/h14,17H,3-13,16H2,1-2H3,(H,18,19). The van der Waals surface area contributed by atoms with Crippen LogP contribution in [0.4, 0.5) is 0 Å². The van der Waals surface area contributed by atoms with Gasteiger partial charge in [-0.2, -0.15) is 0 Å². The Morgan fingerprint density at radius 2 is 1.47 bits per heavy atom. The van der Waals surface area contributed by atoms with Crippen molar-refractivity contribution in [2.75, 3.05) is 26.2 Å². The summed E-state index contributed by atoms with van der Waals surface area (Å²) in [6.45, 7) is 7.53. The van der Waals surface area contributed by atoms with Crippen molar-refractivity contribution in [3.05, 3.63) is 0 Å². The summed E-state index contributed by atoms with van der Waals surface area (Å²) in [5.74, 6) is 0.240. The van der Waals surface area contributed by atoms with Gasteiger partial charge in [0.15, 0.2) is 0 Å². The second kappa shape index (κ2) is 13.8. The fourth-order valence-corrected chi connectivity index (χ4v) is 1.86. The molecule has 0 aromatic carbocycles. The Morgan fingerprint density at radius 3 is 2.11 bits per heavy atom. The van der Waals surface area contributed by atoms with Crippen LogP contribution in [0.2, 0.25) is 0 Å². The summed E-state index contributed by atoms with van der Waals surface area (Å²) in [4.78, 5) is 11.3. The number of amides is 1. The number of carbonyl (C=O) groups excluding carboxylic acids is 1. The molecular weight excluding hydrogens is 238 g/mol. The van der Waals surface area contributed by atoms with Gasteiger partial charge in [-0.05, 0) is 38.9 Å². The molecule has 0 fully saturated rings. The lowest BCUT2D eigenvalue weighted by Gasteiger charge is -2.08. The summed E-state index contributed by atoms with van der Waals surface area (Å²) in [6.07, 6.45) is 8.65. The first-order valence-electron chi connectivity index (χ1n) is 7.87. The van der Waals surface area contributed by atoms with Gasteiger partial charge in [0.05, 0.1) is 0 Å². The first-order chi connectivity index (χ1) is 9.18. The van der Waals surface area contributed by atoms with Crippen LogP contribution in [-0.4, -0.2) is 32.1 Å². The molecule has 0 aliphatic heterocycles. The maximum Gasteiger partial charge on any atom is 0.222 e. The molecule has 4 N–H and O–H groups in total. The fraction of sp³-hybridized carbons (Fsp3) is 0.933. The molecule has 1 amide bonds. The predicted molar refractivity (Wildman–Crippen MR) is 82.1 cm³/mol. The van der Waals surface area contributed by atoms with E-state index in [1.54, 1.807) is 0 Å². The second-order valence-electron chi connectivity index (χ2n) is 5.46. The molecule has 0 bridgehead atoms. The molecule has 4 heteroatoms. The molecule has 0 aromatic rings. The number of carbonyl (C=O) groups is 1. The van der Waals surface area contributed by atoms with Gasteiger partial charge in [-0.25, -0.2) is 0 Å². The molecule has 0 unspecified atom stereocenters. The van der Waals surface area contributed by atoms with Crippen LogP contribution in [0.25, 0.3) is 0 Å². The Bertz CT molecular complexity index is 208. The van der Waals surface area contributed by atoms with E-state index in [9.17, 15) is 4.79 Å². The first-order valence-corrected chi connectivity index (χ1v) is 7.87. The Kier molecular flexibility index (Phi) is 13.4. The quantitative estimate of drug-likeness (QED) is 0.449. The Hall–Kier alpha value is -0.610. The van der Waals surface area contributed by atoms with Gasteiger partial charge in [0.2, 0.25) is 5.91 Å². The van der Waals surface area contributed by atoms with Crippen molar-refractivity contribution in [3.63, 3.8) is 0 Å². The van der Waals surface area contributed by atoms with Crippen LogP contribution < -0.4 is 16.4 Å². The molecule has 0 heterocycles. The number of rotatable bonds is 13. The van der Waals surface area contributed by atoms with Crippen molar-refractivity contribution in [2.45, 2.75) is 58.8 Å². The summed E-state index contributed by atoms with van der Waals surface area (Å²) < 4.78 is 0. The lowest BCUT2D eigenvalue weighted by atomic mass is 10.1. The van der Waals surface area contributed by atoms with Gasteiger partial charge in [0, 0.05) is 12.5 Å². The topological polar surface area (TPSA) is 67.2 Å². The normalized spacial score (nSPS) is 10.9. The molecule has 0 saturated heterocycles. The van der Waals surface area contributed by atoms with Crippen LogP contribution in [0.15, 0.2) is 0 Å². The summed E-state index contributed by atoms with van der Waals surface area (Å²) in [5.41, 5.74) is 5.45. The van der Waals surface area contributed by atoms with Gasteiger partial charge >= 0.3 is 0 Å². The zero-order valence-electron chi connectivity index (χ0n) is 12.8.